The van der Waals surface area contributed by atoms with Crippen LogP contribution >= 0.6 is 0 Å². The molecule has 0 amide bonds. The first-order valence-corrected chi connectivity index (χ1v) is 3.19. The Kier molecular flexibility index (Phi) is 4.98. The minimum atomic E-state index is -1.12. The van der Waals surface area contributed by atoms with Gasteiger partial charge in [-0.25, -0.2) is 9.59 Å². The minimum absolute atomic E-state index is 0.499. The number of rotatable bonds is 6. The predicted octanol–water partition coefficient (Wildman–Crippen LogP) is -0.465. The Morgan fingerprint density at radius 2 is 1.50 bits per heavy atom. The maximum absolute atomic E-state index is 9.95. The summed E-state index contributed by atoms with van der Waals surface area (Å²) < 4.78 is 9.14. The number of carbonyl (C=O) groups is 2. The van der Waals surface area contributed by atoms with Crippen molar-refractivity contribution in [1.29, 1.82) is 0 Å². The second kappa shape index (κ2) is 5.50. The summed E-state index contributed by atoms with van der Waals surface area (Å²) in [4.78, 5) is 19.9. The summed E-state index contributed by atoms with van der Waals surface area (Å²) in [5.41, 5.74) is 0. The van der Waals surface area contributed by atoms with Gasteiger partial charge in [0, 0.05) is 0 Å². The molecule has 0 bridgehead atoms. The van der Waals surface area contributed by atoms with Crippen LogP contribution in [-0.2, 0) is 19.1 Å². The minimum Gasteiger partial charge on any atom is -0.480 e. The Hall–Kier alpha value is -1.14. The van der Waals surface area contributed by atoms with E-state index in [1.54, 1.807) is 0 Å². The van der Waals surface area contributed by atoms with Gasteiger partial charge in [-0.1, -0.05) is 0 Å². The normalized spacial score (nSPS) is 10.2. The van der Waals surface area contributed by atoms with Crippen LogP contribution in [0, 0.1) is 0 Å². The second-order valence-corrected chi connectivity index (χ2v) is 1.98. The lowest BCUT2D eigenvalue weighted by Crippen LogP contribution is -2.21. The maximum Gasteiger partial charge on any atom is 0.329 e. The molecule has 0 aromatic rings. The number of hydrogen-bond acceptors (Lipinski definition) is 4. The van der Waals surface area contributed by atoms with E-state index in [4.69, 9.17) is 10.2 Å². The predicted molar refractivity (Wildman–Crippen MR) is 36.6 cm³/mol. The average molecular weight is 178 g/mol. The molecule has 0 aliphatic heterocycles. The molecule has 6 nitrogen and oxygen atoms in total. The fourth-order valence-corrected chi connectivity index (χ4v) is 0.425. The smallest absolute Gasteiger partial charge is 0.329 e. The van der Waals surface area contributed by atoms with Gasteiger partial charge in [0.05, 0.1) is 0 Å². The van der Waals surface area contributed by atoms with Gasteiger partial charge in [-0.2, -0.15) is 0 Å². The highest BCUT2D eigenvalue weighted by Crippen LogP contribution is 1.92. The SMILES string of the molecule is CC(OCC(=O)O)OCC(=O)O. The summed E-state index contributed by atoms with van der Waals surface area (Å²) in [5, 5.41) is 16.3. The van der Waals surface area contributed by atoms with E-state index in [0.717, 1.165) is 0 Å². The zero-order valence-corrected chi connectivity index (χ0v) is 6.52. The number of ether oxygens (including phenoxy) is 2. The lowest BCUT2D eigenvalue weighted by atomic mass is 10.6. The molecule has 0 fully saturated rings. The molecule has 0 saturated carbocycles. The van der Waals surface area contributed by atoms with Gasteiger partial charge in [0.2, 0.25) is 0 Å². The van der Waals surface area contributed by atoms with Crippen molar-refractivity contribution in [1.82, 2.24) is 0 Å². The van der Waals surface area contributed by atoms with Gasteiger partial charge < -0.3 is 19.7 Å². The summed E-state index contributed by atoms with van der Waals surface area (Å²) in [6.45, 7) is 0.424. The zero-order chi connectivity index (χ0) is 9.56. The maximum atomic E-state index is 9.95. The van der Waals surface area contributed by atoms with E-state index in [-0.39, 0.29) is 0 Å². The number of aliphatic carboxylic acids is 2. The van der Waals surface area contributed by atoms with Crippen LogP contribution in [0.3, 0.4) is 0 Å². The molecule has 0 spiro atoms. The third-order valence-corrected chi connectivity index (χ3v) is 0.883. The molecule has 0 aromatic heterocycles. The van der Waals surface area contributed by atoms with E-state index in [2.05, 4.69) is 9.47 Å². The summed E-state index contributed by atoms with van der Waals surface area (Å²) >= 11 is 0. The second-order valence-electron chi connectivity index (χ2n) is 1.98. The summed E-state index contributed by atoms with van der Waals surface area (Å²) in [7, 11) is 0. The number of carboxylic acid groups (broad SMARTS) is 2. The van der Waals surface area contributed by atoms with Crippen LogP contribution in [0.4, 0.5) is 0 Å². The summed E-state index contributed by atoms with van der Waals surface area (Å²) in [6, 6.07) is 0. The van der Waals surface area contributed by atoms with Crippen LogP contribution in [0.15, 0.2) is 0 Å². The molecule has 0 aliphatic rings. The first-order valence-electron chi connectivity index (χ1n) is 3.19. The molecule has 0 radical (unpaired) electrons. The molecule has 0 heterocycles. The van der Waals surface area contributed by atoms with Gasteiger partial charge in [0.1, 0.15) is 13.2 Å². The van der Waals surface area contributed by atoms with Gasteiger partial charge in [0.25, 0.3) is 0 Å². The topological polar surface area (TPSA) is 93.1 Å². The molecular weight excluding hydrogens is 168 g/mol. The van der Waals surface area contributed by atoms with E-state index in [9.17, 15) is 9.59 Å². The van der Waals surface area contributed by atoms with E-state index in [0.29, 0.717) is 0 Å². The zero-order valence-electron chi connectivity index (χ0n) is 6.52. The van der Waals surface area contributed by atoms with Crippen LogP contribution in [0.5, 0.6) is 0 Å². The molecule has 6 heteroatoms. The van der Waals surface area contributed by atoms with Crippen molar-refractivity contribution in [2.75, 3.05) is 13.2 Å². The van der Waals surface area contributed by atoms with Gasteiger partial charge >= 0.3 is 11.9 Å². The molecule has 0 unspecified atom stereocenters. The first kappa shape index (κ1) is 10.9. The lowest BCUT2D eigenvalue weighted by Gasteiger charge is -2.10. The summed E-state index contributed by atoms with van der Waals surface area (Å²) in [5.74, 6) is -2.25. The molecule has 0 aromatic carbocycles. The van der Waals surface area contributed by atoms with Crippen molar-refractivity contribution in [3.05, 3.63) is 0 Å². The molecular formula is C6H10O6. The molecule has 0 aliphatic carbocycles. The third-order valence-electron chi connectivity index (χ3n) is 0.883. The highest BCUT2D eigenvalue weighted by Gasteiger charge is 2.06. The van der Waals surface area contributed by atoms with Crippen LogP contribution in [0.2, 0.25) is 0 Å². The van der Waals surface area contributed by atoms with Gasteiger partial charge in [-0.3, -0.25) is 0 Å². The van der Waals surface area contributed by atoms with Crippen molar-refractivity contribution < 1.29 is 29.3 Å². The van der Waals surface area contributed by atoms with Gasteiger partial charge in [0.15, 0.2) is 6.29 Å². The Labute approximate surface area is 68.7 Å². The lowest BCUT2D eigenvalue weighted by molar-refractivity contribution is -0.172. The van der Waals surface area contributed by atoms with Gasteiger partial charge in [-0.05, 0) is 6.92 Å². The van der Waals surface area contributed by atoms with Crippen LogP contribution in [-0.4, -0.2) is 41.7 Å². The van der Waals surface area contributed by atoms with Crippen LogP contribution < -0.4 is 0 Å². The van der Waals surface area contributed by atoms with Crippen molar-refractivity contribution in [3.63, 3.8) is 0 Å². The fourth-order valence-electron chi connectivity index (χ4n) is 0.425. The Balaban J connectivity index is 3.39. The molecule has 0 rings (SSSR count). The largest absolute Gasteiger partial charge is 0.480 e. The Morgan fingerprint density at radius 1 is 1.17 bits per heavy atom. The standard InChI is InChI=1S/C6H10O6/c1-4(11-2-5(7)8)12-3-6(9)10/h4H,2-3H2,1H3,(H,7,8)(H,9,10). The highest BCUT2D eigenvalue weighted by atomic mass is 16.7. The number of hydrogen-bond donors (Lipinski definition) is 2. The molecule has 2 N–H and O–H groups in total. The van der Waals surface area contributed by atoms with Gasteiger partial charge in [-0.15, -0.1) is 0 Å². The first-order chi connectivity index (χ1) is 5.52. The quantitative estimate of drug-likeness (QED) is 0.534. The van der Waals surface area contributed by atoms with E-state index >= 15 is 0 Å². The summed E-state index contributed by atoms with van der Waals surface area (Å²) in [6.07, 6.45) is -0.822. The molecule has 12 heavy (non-hydrogen) atoms. The van der Waals surface area contributed by atoms with Crippen LogP contribution in [0.25, 0.3) is 0 Å². The van der Waals surface area contributed by atoms with Crippen molar-refractivity contribution in [3.8, 4) is 0 Å². The number of carboxylic acids is 2. The molecule has 0 saturated heterocycles. The van der Waals surface area contributed by atoms with Crippen molar-refractivity contribution in [2.45, 2.75) is 13.2 Å². The Morgan fingerprint density at radius 3 is 1.75 bits per heavy atom. The van der Waals surface area contributed by atoms with E-state index < -0.39 is 31.4 Å². The van der Waals surface area contributed by atoms with Crippen molar-refractivity contribution in [2.24, 2.45) is 0 Å². The average Bonchev–Trinajstić information content (AvgIpc) is 1.96. The van der Waals surface area contributed by atoms with E-state index in [1.807, 2.05) is 0 Å². The molecule has 0 atom stereocenters. The molecule has 70 valence electrons. The monoisotopic (exact) mass is 178 g/mol. The fraction of sp³-hybridized carbons (Fsp3) is 0.667. The van der Waals surface area contributed by atoms with E-state index in [1.165, 1.54) is 6.92 Å². The Bertz CT molecular complexity index is 147. The highest BCUT2D eigenvalue weighted by molar-refractivity contribution is 5.68. The third kappa shape index (κ3) is 6.97. The van der Waals surface area contributed by atoms with Crippen molar-refractivity contribution >= 4 is 11.9 Å². The van der Waals surface area contributed by atoms with Crippen LogP contribution in [0.1, 0.15) is 6.92 Å².